The summed E-state index contributed by atoms with van der Waals surface area (Å²) < 4.78 is 6.43. The van der Waals surface area contributed by atoms with Crippen LogP contribution < -0.4 is 9.64 Å². The molecule has 1 atom stereocenters. The maximum atomic E-state index is 13.3. The molecule has 0 unspecified atom stereocenters. The Morgan fingerprint density at radius 2 is 1.79 bits per heavy atom. The molecule has 0 saturated carbocycles. The van der Waals surface area contributed by atoms with Crippen molar-refractivity contribution >= 4 is 44.1 Å². The lowest BCUT2D eigenvalue weighted by Crippen LogP contribution is -2.29. The molecule has 34 heavy (non-hydrogen) atoms. The van der Waals surface area contributed by atoms with E-state index in [1.807, 2.05) is 62.4 Å². The van der Waals surface area contributed by atoms with Gasteiger partial charge in [0.25, 0.3) is 5.78 Å². The number of amides is 1. The maximum Gasteiger partial charge on any atom is 0.301 e. The van der Waals surface area contributed by atoms with Gasteiger partial charge in [0, 0.05) is 5.56 Å². The zero-order valence-electron chi connectivity index (χ0n) is 18.7. The smallest absolute Gasteiger partial charge is 0.301 e. The molecule has 170 valence electrons. The van der Waals surface area contributed by atoms with Crippen LogP contribution in [0.25, 0.3) is 16.0 Å². The molecule has 1 amide bonds. The minimum atomic E-state index is -0.798. The molecule has 1 aromatic heterocycles. The first-order valence-corrected chi connectivity index (χ1v) is 11.8. The fraction of sp³-hybridized carbons (Fsp3) is 0.148. The van der Waals surface area contributed by atoms with E-state index in [0.29, 0.717) is 28.6 Å². The van der Waals surface area contributed by atoms with Gasteiger partial charge in [-0.05, 0) is 37.6 Å². The first-order chi connectivity index (χ1) is 16.5. The summed E-state index contributed by atoms with van der Waals surface area (Å²) in [5.41, 5.74) is 3.00. The first kappa shape index (κ1) is 21.9. The number of fused-ring (bicyclic) bond motifs is 1. The van der Waals surface area contributed by atoms with E-state index < -0.39 is 17.7 Å². The number of ketones is 1. The Kier molecular flexibility index (Phi) is 5.63. The lowest BCUT2D eigenvalue weighted by Gasteiger charge is -2.23. The number of anilines is 1. The number of aromatic nitrogens is 1. The number of thiazole rings is 1. The van der Waals surface area contributed by atoms with Crippen LogP contribution in [0, 0.1) is 6.92 Å². The van der Waals surface area contributed by atoms with E-state index in [0.717, 1.165) is 15.8 Å². The second-order valence-electron chi connectivity index (χ2n) is 8.00. The van der Waals surface area contributed by atoms with Crippen LogP contribution in [-0.2, 0) is 9.59 Å². The summed E-state index contributed by atoms with van der Waals surface area (Å²) in [6, 6.07) is 21.1. The molecular weight excluding hydrogens is 448 g/mol. The molecule has 0 radical (unpaired) electrons. The van der Waals surface area contributed by atoms with Crippen LogP contribution in [0.1, 0.15) is 29.7 Å². The summed E-state index contributed by atoms with van der Waals surface area (Å²) in [5.74, 6) is -0.938. The highest BCUT2D eigenvalue weighted by Crippen LogP contribution is 2.44. The summed E-state index contributed by atoms with van der Waals surface area (Å²) in [6.07, 6.45) is 0. The van der Waals surface area contributed by atoms with Crippen molar-refractivity contribution in [2.75, 3.05) is 11.5 Å². The fourth-order valence-corrected chi connectivity index (χ4v) is 5.12. The SMILES string of the molecule is CCOc1ccc2nc(N3C(=O)C(=O)C(=C(O)c4ccccc4)[C@H]3c3ccc(C)cc3)sc2c1. The molecule has 1 aliphatic rings. The van der Waals surface area contributed by atoms with E-state index in [-0.39, 0.29) is 11.3 Å². The van der Waals surface area contributed by atoms with E-state index in [1.165, 1.54) is 16.2 Å². The van der Waals surface area contributed by atoms with Crippen LogP contribution in [0.3, 0.4) is 0 Å². The van der Waals surface area contributed by atoms with Crippen LogP contribution in [-0.4, -0.2) is 28.4 Å². The van der Waals surface area contributed by atoms with Crippen molar-refractivity contribution in [1.82, 2.24) is 4.98 Å². The lowest BCUT2D eigenvalue weighted by atomic mass is 9.95. The zero-order chi connectivity index (χ0) is 23.8. The van der Waals surface area contributed by atoms with Gasteiger partial charge in [-0.3, -0.25) is 14.5 Å². The molecule has 5 rings (SSSR count). The van der Waals surface area contributed by atoms with Crippen LogP contribution in [0.4, 0.5) is 5.13 Å². The predicted molar refractivity (Wildman–Crippen MR) is 133 cm³/mol. The number of carbonyl (C=O) groups is 2. The third-order valence-electron chi connectivity index (χ3n) is 5.75. The maximum absolute atomic E-state index is 13.3. The van der Waals surface area contributed by atoms with Gasteiger partial charge in [0.15, 0.2) is 5.13 Å². The molecule has 3 aromatic carbocycles. The molecule has 0 bridgehead atoms. The average Bonchev–Trinajstić information content (AvgIpc) is 3.38. The Labute approximate surface area is 200 Å². The largest absolute Gasteiger partial charge is 0.507 e. The monoisotopic (exact) mass is 470 g/mol. The first-order valence-electron chi connectivity index (χ1n) is 10.9. The van der Waals surface area contributed by atoms with Gasteiger partial charge in [0.05, 0.1) is 28.4 Å². The number of rotatable bonds is 5. The summed E-state index contributed by atoms with van der Waals surface area (Å²) in [5, 5.41) is 11.5. The Morgan fingerprint density at radius 3 is 2.50 bits per heavy atom. The number of hydrogen-bond donors (Lipinski definition) is 1. The molecule has 6 nitrogen and oxygen atoms in total. The van der Waals surface area contributed by atoms with Crippen molar-refractivity contribution in [2.45, 2.75) is 19.9 Å². The third kappa shape index (κ3) is 3.74. The normalized spacial score (nSPS) is 17.5. The van der Waals surface area contributed by atoms with Gasteiger partial charge in [0.2, 0.25) is 0 Å². The molecule has 2 heterocycles. The van der Waals surface area contributed by atoms with Gasteiger partial charge in [-0.2, -0.15) is 0 Å². The number of nitrogens with zero attached hydrogens (tertiary/aromatic N) is 2. The van der Waals surface area contributed by atoms with Gasteiger partial charge >= 0.3 is 5.91 Å². The van der Waals surface area contributed by atoms with Crippen LogP contribution >= 0.6 is 11.3 Å². The molecule has 0 spiro atoms. The average molecular weight is 471 g/mol. The van der Waals surface area contributed by atoms with Crippen molar-refractivity contribution in [2.24, 2.45) is 0 Å². The minimum absolute atomic E-state index is 0.0503. The van der Waals surface area contributed by atoms with E-state index in [1.54, 1.807) is 24.3 Å². The van der Waals surface area contributed by atoms with Crippen molar-refractivity contribution in [3.05, 3.63) is 95.1 Å². The molecule has 1 aliphatic heterocycles. The van der Waals surface area contributed by atoms with Gasteiger partial charge in [0.1, 0.15) is 11.5 Å². The molecule has 1 saturated heterocycles. The predicted octanol–water partition coefficient (Wildman–Crippen LogP) is 5.63. The van der Waals surface area contributed by atoms with Crippen LogP contribution in [0.2, 0.25) is 0 Å². The number of carbonyl (C=O) groups excluding carboxylic acids is 2. The summed E-state index contributed by atoms with van der Waals surface area (Å²) in [6.45, 7) is 4.42. The van der Waals surface area contributed by atoms with Crippen molar-refractivity contribution in [3.63, 3.8) is 0 Å². The third-order valence-corrected chi connectivity index (χ3v) is 6.77. The minimum Gasteiger partial charge on any atom is -0.507 e. The second-order valence-corrected chi connectivity index (χ2v) is 9.01. The topological polar surface area (TPSA) is 79.7 Å². The molecule has 1 fully saturated rings. The quantitative estimate of drug-likeness (QED) is 0.232. The summed E-state index contributed by atoms with van der Waals surface area (Å²) >= 11 is 1.31. The van der Waals surface area contributed by atoms with Gasteiger partial charge < -0.3 is 9.84 Å². The molecule has 1 N–H and O–H groups in total. The molecule has 0 aliphatic carbocycles. The number of ether oxygens (including phenoxy) is 1. The highest BCUT2D eigenvalue weighted by atomic mass is 32.1. The second kappa shape index (κ2) is 8.76. The van der Waals surface area contributed by atoms with Gasteiger partial charge in [-0.1, -0.05) is 71.5 Å². The number of aliphatic hydroxyl groups excluding tert-OH is 1. The van der Waals surface area contributed by atoms with E-state index in [2.05, 4.69) is 4.98 Å². The summed E-state index contributed by atoms with van der Waals surface area (Å²) in [4.78, 5) is 32.6. The van der Waals surface area contributed by atoms with Crippen molar-refractivity contribution < 1.29 is 19.4 Å². The highest BCUT2D eigenvalue weighted by molar-refractivity contribution is 7.22. The summed E-state index contributed by atoms with van der Waals surface area (Å²) in [7, 11) is 0. The Hall–Kier alpha value is -3.97. The van der Waals surface area contributed by atoms with Gasteiger partial charge in [-0.25, -0.2) is 4.98 Å². The lowest BCUT2D eigenvalue weighted by molar-refractivity contribution is -0.132. The molecular formula is C27H22N2O4S. The van der Waals surface area contributed by atoms with E-state index >= 15 is 0 Å². The van der Waals surface area contributed by atoms with Crippen molar-refractivity contribution in [3.8, 4) is 5.75 Å². The fourth-order valence-electron chi connectivity index (χ4n) is 4.10. The zero-order valence-corrected chi connectivity index (χ0v) is 19.5. The Balaban J connectivity index is 1.69. The number of Topliss-reactive ketones (excluding diaryl/α,β-unsaturated/α-hetero) is 1. The van der Waals surface area contributed by atoms with Crippen LogP contribution in [0.15, 0.2) is 78.4 Å². The number of aliphatic hydroxyl groups is 1. The number of hydrogen-bond acceptors (Lipinski definition) is 6. The molecule has 4 aromatic rings. The van der Waals surface area contributed by atoms with Gasteiger partial charge in [-0.15, -0.1) is 0 Å². The number of benzene rings is 3. The van der Waals surface area contributed by atoms with Crippen molar-refractivity contribution in [1.29, 1.82) is 0 Å². The Bertz CT molecular complexity index is 1420. The standard InChI is InChI=1S/C27H22N2O4S/c1-3-33-19-13-14-20-21(15-19)34-27(28-20)29-23(17-11-9-16(2)10-12-17)22(25(31)26(29)32)24(30)18-7-5-4-6-8-18/h4-15,23,30H,3H2,1-2H3/t23-/m1/s1. The molecule has 7 heteroatoms. The van der Waals surface area contributed by atoms with E-state index in [9.17, 15) is 14.7 Å². The van der Waals surface area contributed by atoms with Crippen LogP contribution in [0.5, 0.6) is 5.75 Å². The van der Waals surface area contributed by atoms with E-state index in [4.69, 9.17) is 4.74 Å². The Morgan fingerprint density at radius 1 is 1.06 bits per heavy atom. The number of aryl methyl sites for hydroxylation is 1. The highest BCUT2D eigenvalue weighted by Gasteiger charge is 2.48.